The molecule has 13 heavy (non-hydrogen) atoms. The summed E-state index contributed by atoms with van der Waals surface area (Å²) in [5.74, 6) is 0. The van der Waals surface area contributed by atoms with Gasteiger partial charge >= 0.3 is 0 Å². The van der Waals surface area contributed by atoms with Crippen LogP contribution in [0.1, 0.15) is 33.1 Å². The van der Waals surface area contributed by atoms with Crippen molar-refractivity contribution < 1.29 is 9.47 Å². The normalized spacial score (nSPS) is 28.4. The molecule has 1 saturated heterocycles. The zero-order valence-electron chi connectivity index (χ0n) is 8.71. The fourth-order valence-electron chi connectivity index (χ4n) is 1.48. The van der Waals surface area contributed by atoms with Crippen LogP contribution in [0.5, 0.6) is 0 Å². The predicted octanol–water partition coefficient (Wildman–Crippen LogP) is 1.31. The third kappa shape index (κ3) is 3.25. The summed E-state index contributed by atoms with van der Waals surface area (Å²) in [7, 11) is 0. The Bertz CT molecular complexity index is 140. The molecule has 0 aromatic carbocycles. The van der Waals surface area contributed by atoms with Crippen LogP contribution in [-0.4, -0.2) is 31.5 Å². The molecule has 0 spiro atoms. The number of nitrogens with two attached hydrogens (primary N) is 1. The van der Waals surface area contributed by atoms with Gasteiger partial charge in [-0.25, -0.2) is 0 Å². The summed E-state index contributed by atoms with van der Waals surface area (Å²) in [5.41, 5.74) is 5.51. The van der Waals surface area contributed by atoms with Crippen molar-refractivity contribution in [2.24, 2.45) is 5.73 Å². The Morgan fingerprint density at radius 3 is 2.85 bits per heavy atom. The van der Waals surface area contributed by atoms with E-state index in [1.807, 2.05) is 0 Å². The van der Waals surface area contributed by atoms with Crippen molar-refractivity contribution in [2.45, 2.75) is 44.8 Å². The third-order valence-corrected chi connectivity index (χ3v) is 2.75. The van der Waals surface area contributed by atoms with E-state index in [4.69, 9.17) is 15.2 Å². The van der Waals surface area contributed by atoms with Crippen LogP contribution in [0, 0.1) is 0 Å². The van der Waals surface area contributed by atoms with E-state index in [0.717, 1.165) is 32.5 Å². The lowest BCUT2D eigenvalue weighted by Gasteiger charge is -2.34. The Morgan fingerprint density at radius 2 is 2.38 bits per heavy atom. The Balaban J connectivity index is 2.35. The van der Waals surface area contributed by atoms with E-state index >= 15 is 0 Å². The standard InChI is InChI=1S/C10H21NO2/c1-3-10(2,8-11)13-9-5-4-6-12-7-9/h9H,3-8,11H2,1-2H3. The van der Waals surface area contributed by atoms with Gasteiger partial charge in [0.2, 0.25) is 0 Å². The summed E-state index contributed by atoms with van der Waals surface area (Å²) in [6.07, 6.45) is 3.42. The van der Waals surface area contributed by atoms with Gasteiger partial charge in [0.05, 0.1) is 18.3 Å². The highest BCUT2D eigenvalue weighted by molar-refractivity contribution is 4.77. The van der Waals surface area contributed by atoms with Gasteiger partial charge in [-0.3, -0.25) is 0 Å². The Labute approximate surface area is 80.6 Å². The average molecular weight is 187 g/mol. The maximum absolute atomic E-state index is 5.93. The smallest absolute Gasteiger partial charge is 0.0817 e. The molecule has 1 heterocycles. The molecule has 1 rings (SSSR count). The highest BCUT2D eigenvalue weighted by atomic mass is 16.5. The number of hydrogen-bond donors (Lipinski definition) is 1. The van der Waals surface area contributed by atoms with Gasteiger partial charge in [0.1, 0.15) is 0 Å². The lowest BCUT2D eigenvalue weighted by molar-refractivity contribution is -0.126. The maximum atomic E-state index is 5.93. The fourth-order valence-corrected chi connectivity index (χ4v) is 1.48. The van der Waals surface area contributed by atoms with Crippen molar-refractivity contribution >= 4 is 0 Å². The molecule has 3 nitrogen and oxygen atoms in total. The summed E-state index contributed by atoms with van der Waals surface area (Å²) < 4.78 is 11.3. The van der Waals surface area contributed by atoms with E-state index in [9.17, 15) is 0 Å². The van der Waals surface area contributed by atoms with Crippen LogP contribution in [0.4, 0.5) is 0 Å². The quantitative estimate of drug-likeness (QED) is 0.721. The van der Waals surface area contributed by atoms with Crippen molar-refractivity contribution in [1.29, 1.82) is 0 Å². The van der Waals surface area contributed by atoms with Crippen molar-refractivity contribution in [3.63, 3.8) is 0 Å². The molecule has 1 fully saturated rings. The molecule has 0 amide bonds. The zero-order chi connectivity index (χ0) is 9.73. The molecule has 0 radical (unpaired) electrons. The first-order chi connectivity index (χ1) is 6.20. The average Bonchev–Trinajstić information content (AvgIpc) is 2.19. The second-order valence-electron chi connectivity index (χ2n) is 3.96. The molecule has 2 unspecified atom stereocenters. The molecule has 1 aliphatic heterocycles. The summed E-state index contributed by atoms with van der Waals surface area (Å²) in [4.78, 5) is 0. The largest absolute Gasteiger partial charge is 0.379 e. The van der Waals surface area contributed by atoms with Gasteiger partial charge in [-0.2, -0.15) is 0 Å². The molecule has 0 saturated carbocycles. The highest BCUT2D eigenvalue weighted by Crippen LogP contribution is 2.20. The molecule has 2 N–H and O–H groups in total. The first-order valence-corrected chi connectivity index (χ1v) is 5.16. The van der Waals surface area contributed by atoms with Gasteiger partial charge in [0.25, 0.3) is 0 Å². The van der Waals surface area contributed by atoms with Crippen molar-refractivity contribution in [1.82, 2.24) is 0 Å². The summed E-state index contributed by atoms with van der Waals surface area (Å²) in [6.45, 7) is 6.37. The topological polar surface area (TPSA) is 44.5 Å². The van der Waals surface area contributed by atoms with E-state index in [1.165, 1.54) is 0 Å². The van der Waals surface area contributed by atoms with Crippen LogP contribution in [0.3, 0.4) is 0 Å². The Morgan fingerprint density at radius 1 is 1.62 bits per heavy atom. The number of ether oxygens (including phenoxy) is 2. The fraction of sp³-hybridized carbons (Fsp3) is 1.00. The lowest BCUT2D eigenvalue weighted by Crippen LogP contribution is -2.42. The van der Waals surface area contributed by atoms with Gasteiger partial charge in [-0.15, -0.1) is 0 Å². The van der Waals surface area contributed by atoms with E-state index in [2.05, 4.69) is 13.8 Å². The van der Waals surface area contributed by atoms with Crippen LogP contribution in [0.2, 0.25) is 0 Å². The molecule has 1 aliphatic rings. The van der Waals surface area contributed by atoms with Gasteiger partial charge < -0.3 is 15.2 Å². The second kappa shape index (κ2) is 4.94. The highest BCUT2D eigenvalue weighted by Gasteiger charge is 2.26. The van der Waals surface area contributed by atoms with Crippen LogP contribution < -0.4 is 5.73 Å². The van der Waals surface area contributed by atoms with E-state index in [-0.39, 0.29) is 11.7 Å². The SMILES string of the molecule is CCC(C)(CN)OC1CCCOC1. The van der Waals surface area contributed by atoms with Gasteiger partial charge in [0.15, 0.2) is 0 Å². The molecule has 3 heteroatoms. The predicted molar refractivity (Wildman–Crippen MR) is 52.7 cm³/mol. The number of rotatable bonds is 4. The second-order valence-corrected chi connectivity index (χ2v) is 3.96. The lowest BCUT2D eigenvalue weighted by atomic mass is 10.0. The Hall–Kier alpha value is -0.120. The monoisotopic (exact) mass is 187 g/mol. The molecular formula is C10H21NO2. The van der Waals surface area contributed by atoms with Gasteiger partial charge in [0, 0.05) is 13.2 Å². The van der Waals surface area contributed by atoms with Crippen LogP contribution in [0.25, 0.3) is 0 Å². The molecule has 78 valence electrons. The molecule has 0 aliphatic carbocycles. The van der Waals surface area contributed by atoms with Crippen LogP contribution in [0.15, 0.2) is 0 Å². The van der Waals surface area contributed by atoms with Crippen molar-refractivity contribution in [3.05, 3.63) is 0 Å². The van der Waals surface area contributed by atoms with Gasteiger partial charge in [-0.05, 0) is 26.2 Å². The van der Waals surface area contributed by atoms with Crippen LogP contribution >= 0.6 is 0 Å². The molecule has 2 atom stereocenters. The van der Waals surface area contributed by atoms with E-state index < -0.39 is 0 Å². The number of hydrogen-bond acceptors (Lipinski definition) is 3. The summed E-state index contributed by atoms with van der Waals surface area (Å²) in [5, 5.41) is 0. The molecule has 0 aromatic rings. The first kappa shape index (κ1) is 11.0. The first-order valence-electron chi connectivity index (χ1n) is 5.16. The maximum Gasteiger partial charge on any atom is 0.0817 e. The van der Waals surface area contributed by atoms with E-state index in [1.54, 1.807) is 0 Å². The molecule has 0 aromatic heterocycles. The van der Waals surface area contributed by atoms with Crippen molar-refractivity contribution in [2.75, 3.05) is 19.8 Å². The molecule has 0 bridgehead atoms. The van der Waals surface area contributed by atoms with E-state index in [0.29, 0.717) is 6.54 Å². The minimum absolute atomic E-state index is 0.161. The zero-order valence-corrected chi connectivity index (χ0v) is 8.71. The summed E-state index contributed by atoms with van der Waals surface area (Å²) >= 11 is 0. The summed E-state index contributed by atoms with van der Waals surface area (Å²) in [6, 6.07) is 0. The Kier molecular flexibility index (Phi) is 4.16. The van der Waals surface area contributed by atoms with Crippen LogP contribution in [-0.2, 0) is 9.47 Å². The minimum Gasteiger partial charge on any atom is -0.379 e. The van der Waals surface area contributed by atoms with Gasteiger partial charge in [-0.1, -0.05) is 6.92 Å². The van der Waals surface area contributed by atoms with Crippen molar-refractivity contribution in [3.8, 4) is 0 Å². The minimum atomic E-state index is -0.161. The molecular weight excluding hydrogens is 166 g/mol. The third-order valence-electron chi connectivity index (χ3n) is 2.75.